The van der Waals surface area contributed by atoms with Crippen LogP contribution in [0.1, 0.15) is 12.5 Å². The van der Waals surface area contributed by atoms with E-state index in [1.54, 1.807) is 7.05 Å². The van der Waals surface area contributed by atoms with E-state index in [1.165, 1.54) is 0 Å². The lowest BCUT2D eigenvalue weighted by molar-refractivity contribution is -0.137. The molecule has 0 saturated heterocycles. The molecule has 1 unspecified atom stereocenters. The summed E-state index contributed by atoms with van der Waals surface area (Å²) in [5.41, 5.74) is -0.889. The van der Waals surface area contributed by atoms with Crippen molar-refractivity contribution in [2.24, 2.45) is 5.92 Å². The van der Waals surface area contributed by atoms with Crippen LogP contribution in [0.15, 0.2) is 18.2 Å². The average Bonchev–Trinajstić information content (AvgIpc) is 2.26. The zero-order valence-electron chi connectivity index (χ0n) is 10.2. The summed E-state index contributed by atoms with van der Waals surface area (Å²) in [5.74, 6) is -0.641. The van der Waals surface area contributed by atoms with E-state index in [-0.39, 0.29) is 11.6 Å². The number of anilines is 1. The van der Waals surface area contributed by atoms with Crippen molar-refractivity contribution in [3.8, 4) is 0 Å². The molecule has 2 N–H and O–H groups in total. The highest BCUT2D eigenvalue weighted by Crippen LogP contribution is 2.31. The van der Waals surface area contributed by atoms with Gasteiger partial charge < -0.3 is 10.6 Å². The molecule has 0 radical (unpaired) electrons. The zero-order valence-corrected chi connectivity index (χ0v) is 10.2. The first-order valence-corrected chi connectivity index (χ1v) is 5.59. The largest absolute Gasteiger partial charge is 0.416 e. The topological polar surface area (TPSA) is 24.1 Å². The van der Waals surface area contributed by atoms with Gasteiger partial charge in [-0.1, -0.05) is 6.92 Å². The highest BCUT2D eigenvalue weighted by Gasteiger charge is 2.31. The van der Waals surface area contributed by atoms with Gasteiger partial charge in [0.25, 0.3) is 0 Å². The lowest BCUT2D eigenvalue weighted by Gasteiger charge is -2.14. The van der Waals surface area contributed by atoms with Gasteiger partial charge in [0.2, 0.25) is 0 Å². The van der Waals surface area contributed by atoms with Crippen LogP contribution in [-0.2, 0) is 6.18 Å². The number of halogens is 4. The van der Waals surface area contributed by atoms with Crippen molar-refractivity contribution in [1.29, 1.82) is 0 Å². The third kappa shape index (κ3) is 4.18. The Balaban J connectivity index is 2.69. The molecule has 0 saturated carbocycles. The number of nitrogens with one attached hydrogen (secondary N) is 2. The van der Waals surface area contributed by atoms with Crippen LogP contribution in [0.2, 0.25) is 0 Å². The van der Waals surface area contributed by atoms with E-state index in [4.69, 9.17) is 0 Å². The number of rotatable bonds is 5. The van der Waals surface area contributed by atoms with Gasteiger partial charge in [0.05, 0.1) is 11.3 Å². The van der Waals surface area contributed by atoms with Crippen molar-refractivity contribution in [1.82, 2.24) is 5.32 Å². The maximum Gasteiger partial charge on any atom is 0.416 e. The molecule has 1 aromatic rings. The van der Waals surface area contributed by atoms with Gasteiger partial charge in [-0.25, -0.2) is 4.39 Å². The number of benzene rings is 1. The van der Waals surface area contributed by atoms with E-state index in [1.807, 2.05) is 6.92 Å². The first-order chi connectivity index (χ1) is 8.34. The monoisotopic (exact) mass is 264 g/mol. The van der Waals surface area contributed by atoms with Gasteiger partial charge in [-0.15, -0.1) is 0 Å². The molecule has 0 heterocycles. The minimum absolute atomic E-state index is 0.0888. The predicted molar refractivity (Wildman–Crippen MR) is 63.0 cm³/mol. The van der Waals surface area contributed by atoms with Gasteiger partial charge in [-0.05, 0) is 37.7 Å². The van der Waals surface area contributed by atoms with Crippen molar-refractivity contribution in [2.75, 3.05) is 25.5 Å². The zero-order chi connectivity index (χ0) is 13.8. The molecular formula is C12H16F4N2. The van der Waals surface area contributed by atoms with E-state index >= 15 is 0 Å². The number of hydrogen-bond acceptors (Lipinski definition) is 2. The SMILES string of the molecule is CNCC(C)CNc1ccc(C(F)(F)F)cc1F. The quantitative estimate of drug-likeness (QED) is 0.798. The Morgan fingerprint density at radius 1 is 1.22 bits per heavy atom. The maximum atomic E-state index is 13.4. The predicted octanol–water partition coefficient (Wildman–Crippen LogP) is 3.11. The van der Waals surface area contributed by atoms with Gasteiger partial charge in [-0.3, -0.25) is 0 Å². The van der Waals surface area contributed by atoms with Crippen LogP contribution in [-0.4, -0.2) is 20.1 Å². The third-order valence-corrected chi connectivity index (χ3v) is 2.49. The standard InChI is InChI=1S/C12H16F4N2/c1-8(6-17-2)7-18-11-4-3-9(5-10(11)13)12(14,15)16/h3-5,8,17-18H,6-7H2,1-2H3. The molecule has 1 atom stereocenters. The normalized spacial score (nSPS) is 13.4. The summed E-state index contributed by atoms with van der Waals surface area (Å²) in [4.78, 5) is 0. The second-order valence-electron chi connectivity index (χ2n) is 4.24. The molecule has 0 amide bonds. The molecule has 2 nitrogen and oxygen atoms in total. The Kier molecular flexibility index (Phi) is 4.95. The van der Waals surface area contributed by atoms with Gasteiger partial charge in [-0.2, -0.15) is 13.2 Å². The summed E-state index contributed by atoms with van der Waals surface area (Å²) in [6, 6.07) is 2.49. The average molecular weight is 264 g/mol. The van der Waals surface area contributed by atoms with Gasteiger partial charge in [0, 0.05) is 6.54 Å². The Hall–Kier alpha value is -1.30. The smallest absolute Gasteiger partial charge is 0.382 e. The second kappa shape index (κ2) is 6.04. The summed E-state index contributed by atoms with van der Waals surface area (Å²) in [6.07, 6.45) is -4.52. The molecule has 18 heavy (non-hydrogen) atoms. The van der Waals surface area contributed by atoms with Gasteiger partial charge >= 0.3 is 6.18 Å². The first-order valence-electron chi connectivity index (χ1n) is 5.59. The Bertz CT molecular complexity index is 390. The second-order valence-corrected chi connectivity index (χ2v) is 4.24. The number of hydrogen-bond donors (Lipinski definition) is 2. The van der Waals surface area contributed by atoms with Crippen molar-refractivity contribution in [3.63, 3.8) is 0 Å². The maximum absolute atomic E-state index is 13.4. The third-order valence-electron chi connectivity index (χ3n) is 2.49. The van der Waals surface area contributed by atoms with Gasteiger partial charge in [0.15, 0.2) is 0 Å². The Morgan fingerprint density at radius 3 is 2.39 bits per heavy atom. The van der Waals surface area contributed by atoms with Crippen molar-refractivity contribution in [2.45, 2.75) is 13.1 Å². The Morgan fingerprint density at radius 2 is 1.89 bits per heavy atom. The molecule has 1 rings (SSSR count). The molecule has 0 aliphatic heterocycles. The number of alkyl halides is 3. The van der Waals surface area contributed by atoms with E-state index in [0.717, 1.165) is 18.7 Å². The summed E-state index contributed by atoms with van der Waals surface area (Å²) in [6.45, 7) is 3.18. The summed E-state index contributed by atoms with van der Waals surface area (Å²) < 4.78 is 50.4. The molecule has 0 spiro atoms. The molecule has 102 valence electrons. The van der Waals surface area contributed by atoms with E-state index in [2.05, 4.69) is 10.6 Å². The van der Waals surface area contributed by atoms with Crippen LogP contribution in [0.5, 0.6) is 0 Å². The van der Waals surface area contributed by atoms with E-state index in [0.29, 0.717) is 12.6 Å². The fourth-order valence-electron chi connectivity index (χ4n) is 1.54. The molecule has 0 aliphatic rings. The lowest BCUT2D eigenvalue weighted by atomic mass is 10.1. The molecule has 0 aliphatic carbocycles. The van der Waals surface area contributed by atoms with Crippen LogP contribution in [0.3, 0.4) is 0 Å². The fourth-order valence-corrected chi connectivity index (χ4v) is 1.54. The molecule has 0 bridgehead atoms. The van der Waals surface area contributed by atoms with Crippen molar-refractivity contribution in [3.05, 3.63) is 29.6 Å². The highest BCUT2D eigenvalue weighted by atomic mass is 19.4. The van der Waals surface area contributed by atoms with Crippen molar-refractivity contribution >= 4 is 5.69 Å². The summed E-state index contributed by atoms with van der Waals surface area (Å²) in [5, 5.41) is 5.76. The van der Waals surface area contributed by atoms with Crippen LogP contribution < -0.4 is 10.6 Å². The first kappa shape index (κ1) is 14.8. The molecule has 0 aromatic heterocycles. The minimum Gasteiger partial charge on any atom is -0.382 e. The van der Waals surface area contributed by atoms with Crippen LogP contribution in [0, 0.1) is 11.7 Å². The summed E-state index contributed by atoms with van der Waals surface area (Å²) in [7, 11) is 1.80. The molecule has 1 aromatic carbocycles. The molecule has 0 fully saturated rings. The molecular weight excluding hydrogens is 248 g/mol. The minimum atomic E-state index is -4.52. The Labute approximate surface area is 103 Å². The van der Waals surface area contributed by atoms with Crippen LogP contribution >= 0.6 is 0 Å². The van der Waals surface area contributed by atoms with Crippen LogP contribution in [0.4, 0.5) is 23.2 Å². The van der Waals surface area contributed by atoms with Crippen LogP contribution in [0.25, 0.3) is 0 Å². The summed E-state index contributed by atoms with van der Waals surface area (Å²) >= 11 is 0. The van der Waals surface area contributed by atoms with Gasteiger partial charge in [0.1, 0.15) is 5.82 Å². The fraction of sp³-hybridized carbons (Fsp3) is 0.500. The lowest BCUT2D eigenvalue weighted by Crippen LogP contribution is -2.23. The highest BCUT2D eigenvalue weighted by molar-refractivity contribution is 5.46. The van der Waals surface area contributed by atoms with E-state index < -0.39 is 17.6 Å². The molecule has 6 heteroatoms. The van der Waals surface area contributed by atoms with Crippen molar-refractivity contribution < 1.29 is 17.6 Å². The van der Waals surface area contributed by atoms with E-state index in [9.17, 15) is 17.6 Å².